The van der Waals surface area contributed by atoms with Crippen LogP contribution in [-0.2, 0) is 4.79 Å². The quantitative estimate of drug-likeness (QED) is 0.486. The minimum Gasteiger partial charge on any atom is -0.475 e. The van der Waals surface area contributed by atoms with Crippen molar-refractivity contribution < 1.29 is 14.7 Å². The molecule has 0 saturated heterocycles. The molecule has 0 unspecified atom stereocenters. The van der Waals surface area contributed by atoms with Crippen LogP contribution in [0.2, 0.25) is 0 Å². The number of hydrogen-bond acceptors (Lipinski definition) is 3. The fraction of sp³-hybridized carbons (Fsp3) is 0.273. The molecular formula is C11H12O3S. The number of carbonyl (C=O) groups is 2. The largest absolute Gasteiger partial charge is 0.475 e. The molecule has 0 radical (unpaired) electrons. The van der Waals surface area contributed by atoms with Crippen molar-refractivity contribution in [1.82, 2.24) is 0 Å². The fourth-order valence-corrected chi connectivity index (χ4v) is 1.83. The van der Waals surface area contributed by atoms with Gasteiger partial charge in [-0.2, -0.15) is 0 Å². The number of hydrogen-bond donors (Lipinski definition) is 1. The van der Waals surface area contributed by atoms with Gasteiger partial charge in [0.25, 0.3) is 5.78 Å². The normalized spacial score (nSPS) is 10.1. The molecule has 0 bridgehead atoms. The average Bonchev–Trinajstić information content (AvgIpc) is 2.20. The second-order valence-electron chi connectivity index (χ2n) is 3.25. The Hall–Kier alpha value is -1.29. The Labute approximate surface area is 92.5 Å². The first-order valence-corrected chi connectivity index (χ1v) is 5.62. The molecule has 3 nitrogen and oxygen atoms in total. The summed E-state index contributed by atoms with van der Waals surface area (Å²) in [7, 11) is 0. The van der Waals surface area contributed by atoms with Gasteiger partial charge in [0.05, 0.1) is 0 Å². The van der Waals surface area contributed by atoms with E-state index >= 15 is 0 Å². The van der Waals surface area contributed by atoms with E-state index in [2.05, 4.69) is 0 Å². The van der Waals surface area contributed by atoms with Gasteiger partial charge < -0.3 is 5.11 Å². The number of benzene rings is 1. The summed E-state index contributed by atoms with van der Waals surface area (Å²) < 4.78 is 0. The van der Waals surface area contributed by atoms with Gasteiger partial charge in [-0.3, -0.25) is 4.79 Å². The lowest BCUT2D eigenvalue weighted by atomic mass is 10.0. The summed E-state index contributed by atoms with van der Waals surface area (Å²) in [5.41, 5.74) is 1.96. The molecule has 4 heteroatoms. The Kier molecular flexibility index (Phi) is 3.52. The minimum atomic E-state index is -1.41. The molecule has 0 atom stereocenters. The molecule has 0 amide bonds. The molecule has 1 aromatic rings. The number of carbonyl (C=O) groups excluding carboxylic acids is 1. The van der Waals surface area contributed by atoms with Crippen molar-refractivity contribution in [1.29, 1.82) is 0 Å². The fourth-order valence-electron chi connectivity index (χ4n) is 1.30. The van der Waals surface area contributed by atoms with Crippen LogP contribution < -0.4 is 0 Å². The van der Waals surface area contributed by atoms with Crippen molar-refractivity contribution >= 4 is 23.5 Å². The molecule has 1 N–H and O–H groups in total. The third-order valence-electron chi connectivity index (χ3n) is 2.32. The number of thioether (sulfide) groups is 1. The zero-order chi connectivity index (χ0) is 11.6. The van der Waals surface area contributed by atoms with Gasteiger partial charge in [-0.1, -0.05) is 0 Å². The van der Waals surface area contributed by atoms with E-state index in [0.29, 0.717) is 0 Å². The Balaban J connectivity index is 3.34. The summed E-state index contributed by atoms with van der Waals surface area (Å²) in [5.74, 6) is -2.25. The summed E-state index contributed by atoms with van der Waals surface area (Å²) in [4.78, 5) is 22.9. The van der Waals surface area contributed by atoms with Crippen molar-refractivity contribution in [3.8, 4) is 0 Å². The van der Waals surface area contributed by atoms with E-state index in [9.17, 15) is 9.59 Å². The summed E-state index contributed by atoms with van der Waals surface area (Å²) in [6.07, 6.45) is 1.89. The van der Waals surface area contributed by atoms with E-state index in [-0.39, 0.29) is 5.56 Å². The monoisotopic (exact) mass is 224 g/mol. The first-order chi connectivity index (χ1) is 6.97. The zero-order valence-electron chi connectivity index (χ0n) is 8.83. The molecule has 0 aliphatic carbocycles. The molecule has 0 aliphatic heterocycles. The topological polar surface area (TPSA) is 54.4 Å². The number of ketones is 1. The lowest BCUT2D eigenvalue weighted by molar-refractivity contribution is -0.131. The second-order valence-corrected chi connectivity index (χ2v) is 4.13. The molecule has 0 heterocycles. The van der Waals surface area contributed by atoms with Gasteiger partial charge in [0.1, 0.15) is 0 Å². The van der Waals surface area contributed by atoms with Crippen molar-refractivity contribution in [2.75, 3.05) is 6.26 Å². The summed E-state index contributed by atoms with van der Waals surface area (Å²) in [6, 6.07) is 3.57. The SMILES string of the molecule is CSc1cc(C)c(C)c(C(=O)C(=O)O)c1. The van der Waals surface area contributed by atoms with Crippen molar-refractivity contribution in [3.05, 3.63) is 28.8 Å². The standard InChI is InChI=1S/C11H12O3S/c1-6-4-8(15-3)5-9(7(6)2)10(12)11(13)14/h4-5H,1-3H3,(H,13,14). The van der Waals surface area contributed by atoms with Crippen molar-refractivity contribution in [2.24, 2.45) is 0 Å². The van der Waals surface area contributed by atoms with Crippen LogP contribution in [0.3, 0.4) is 0 Å². The zero-order valence-corrected chi connectivity index (χ0v) is 9.64. The van der Waals surface area contributed by atoms with Crippen LogP contribution in [0.4, 0.5) is 0 Å². The van der Waals surface area contributed by atoms with Crippen LogP contribution >= 0.6 is 11.8 Å². The van der Waals surface area contributed by atoms with Gasteiger partial charge in [-0.25, -0.2) is 4.79 Å². The lowest BCUT2D eigenvalue weighted by Gasteiger charge is -2.08. The first-order valence-electron chi connectivity index (χ1n) is 4.40. The number of carboxylic acids is 1. The summed E-state index contributed by atoms with van der Waals surface area (Å²) >= 11 is 1.49. The molecule has 0 spiro atoms. The van der Waals surface area contributed by atoms with Crippen LogP contribution in [-0.4, -0.2) is 23.1 Å². The van der Waals surface area contributed by atoms with Crippen LogP contribution in [0.5, 0.6) is 0 Å². The highest BCUT2D eigenvalue weighted by atomic mass is 32.2. The highest BCUT2D eigenvalue weighted by molar-refractivity contribution is 7.98. The molecule has 1 rings (SSSR count). The molecule has 15 heavy (non-hydrogen) atoms. The van der Waals surface area contributed by atoms with Gasteiger partial charge in [-0.15, -0.1) is 11.8 Å². The van der Waals surface area contributed by atoms with Gasteiger partial charge in [0, 0.05) is 10.5 Å². The molecule has 0 aromatic heterocycles. The molecule has 0 saturated carbocycles. The number of Topliss-reactive ketones (excluding diaryl/α,β-unsaturated/α-hetero) is 1. The number of rotatable bonds is 3. The summed E-state index contributed by atoms with van der Waals surface area (Å²) in [6.45, 7) is 3.63. The Morgan fingerprint density at radius 1 is 1.27 bits per heavy atom. The third-order valence-corrected chi connectivity index (χ3v) is 3.02. The smallest absolute Gasteiger partial charge is 0.377 e. The van der Waals surface area contributed by atoms with Crippen molar-refractivity contribution in [2.45, 2.75) is 18.7 Å². The van der Waals surface area contributed by atoms with Crippen LogP contribution in [0.15, 0.2) is 17.0 Å². The van der Waals surface area contributed by atoms with Crippen molar-refractivity contribution in [3.63, 3.8) is 0 Å². The first kappa shape index (κ1) is 11.8. The van der Waals surface area contributed by atoms with E-state index in [1.165, 1.54) is 11.8 Å². The van der Waals surface area contributed by atoms with E-state index < -0.39 is 11.8 Å². The molecule has 0 aliphatic rings. The van der Waals surface area contributed by atoms with Gasteiger partial charge in [-0.05, 0) is 43.4 Å². The predicted octanol–water partition coefficient (Wildman–Crippen LogP) is 2.29. The van der Waals surface area contributed by atoms with E-state index in [4.69, 9.17) is 5.11 Å². The Morgan fingerprint density at radius 3 is 2.33 bits per heavy atom. The molecular weight excluding hydrogens is 212 g/mol. The predicted molar refractivity (Wildman–Crippen MR) is 59.7 cm³/mol. The third kappa shape index (κ3) is 2.39. The van der Waals surface area contributed by atoms with Crippen LogP contribution in [0.1, 0.15) is 21.5 Å². The summed E-state index contributed by atoms with van der Waals surface area (Å²) in [5, 5.41) is 8.66. The maximum Gasteiger partial charge on any atom is 0.377 e. The average molecular weight is 224 g/mol. The second kappa shape index (κ2) is 4.49. The molecule has 0 fully saturated rings. The number of aliphatic carboxylic acids is 1. The van der Waals surface area contributed by atoms with Crippen LogP contribution in [0.25, 0.3) is 0 Å². The number of carboxylic acid groups (broad SMARTS) is 1. The van der Waals surface area contributed by atoms with Gasteiger partial charge >= 0.3 is 5.97 Å². The maximum absolute atomic E-state index is 11.4. The lowest BCUT2D eigenvalue weighted by Crippen LogP contribution is -2.14. The molecule has 80 valence electrons. The Bertz CT molecular complexity index is 424. The van der Waals surface area contributed by atoms with Gasteiger partial charge in [0.15, 0.2) is 0 Å². The van der Waals surface area contributed by atoms with E-state index in [1.54, 1.807) is 13.0 Å². The molecule has 1 aromatic carbocycles. The van der Waals surface area contributed by atoms with E-state index in [1.807, 2.05) is 19.2 Å². The highest BCUT2D eigenvalue weighted by Gasteiger charge is 2.18. The number of aryl methyl sites for hydroxylation is 1. The minimum absolute atomic E-state index is 0.284. The highest BCUT2D eigenvalue weighted by Crippen LogP contribution is 2.23. The maximum atomic E-state index is 11.4. The van der Waals surface area contributed by atoms with Crippen LogP contribution in [0, 0.1) is 13.8 Å². The van der Waals surface area contributed by atoms with E-state index in [0.717, 1.165) is 16.0 Å². The van der Waals surface area contributed by atoms with Gasteiger partial charge in [0.2, 0.25) is 0 Å². The Morgan fingerprint density at radius 2 is 1.87 bits per heavy atom.